The maximum atomic E-state index is 5.56. The SMILES string of the molecule is CCCSCCC(C)N.Cl. The van der Waals surface area contributed by atoms with Gasteiger partial charge in [-0.15, -0.1) is 12.4 Å². The first-order valence-electron chi connectivity index (χ1n) is 3.60. The third kappa shape index (κ3) is 11.4. The third-order valence-electron chi connectivity index (χ3n) is 1.07. The van der Waals surface area contributed by atoms with Crippen LogP contribution in [0.5, 0.6) is 0 Å². The number of thioether (sulfide) groups is 1. The third-order valence-corrected chi connectivity index (χ3v) is 2.29. The van der Waals surface area contributed by atoms with Crippen LogP contribution in [0.1, 0.15) is 26.7 Å². The summed E-state index contributed by atoms with van der Waals surface area (Å²) < 4.78 is 0. The smallest absolute Gasteiger partial charge is 0.00183 e. The molecule has 0 spiro atoms. The molecule has 3 heteroatoms. The molecule has 0 aromatic rings. The van der Waals surface area contributed by atoms with Crippen molar-refractivity contribution in [1.82, 2.24) is 0 Å². The number of hydrogen-bond donors (Lipinski definition) is 1. The summed E-state index contributed by atoms with van der Waals surface area (Å²) in [5.74, 6) is 2.51. The van der Waals surface area contributed by atoms with Crippen molar-refractivity contribution in [3.8, 4) is 0 Å². The van der Waals surface area contributed by atoms with Crippen molar-refractivity contribution in [1.29, 1.82) is 0 Å². The van der Waals surface area contributed by atoms with E-state index in [9.17, 15) is 0 Å². The molecule has 0 bridgehead atoms. The van der Waals surface area contributed by atoms with Crippen molar-refractivity contribution in [3.63, 3.8) is 0 Å². The highest BCUT2D eigenvalue weighted by molar-refractivity contribution is 7.99. The Balaban J connectivity index is 0. The molecule has 0 amide bonds. The van der Waals surface area contributed by atoms with Gasteiger partial charge in [-0.05, 0) is 31.3 Å². The molecule has 0 heterocycles. The standard InChI is InChI=1S/C7H17NS.ClH/c1-3-5-9-6-4-7(2)8;/h7H,3-6,8H2,1-2H3;1H. The van der Waals surface area contributed by atoms with Crippen molar-refractivity contribution < 1.29 is 0 Å². The average molecular weight is 184 g/mol. The lowest BCUT2D eigenvalue weighted by Crippen LogP contribution is -2.15. The summed E-state index contributed by atoms with van der Waals surface area (Å²) in [6.07, 6.45) is 2.44. The molecule has 0 aliphatic carbocycles. The van der Waals surface area contributed by atoms with Crippen molar-refractivity contribution in [2.45, 2.75) is 32.7 Å². The normalized spacial score (nSPS) is 12.3. The minimum absolute atomic E-state index is 0. The summed E-state index contributed by atoms with van der Waals surface area (Å²) in [5, 5.41) is 0. The van der Waals surface area contributed by atoms with Crippen molar-refractivity contribution in [3.05, 3.63) is 0 Å². The molecule has 0 aromatic carbocycles. The Kier molecular flexibility index (Phi) is 12.7. The first-order chi connectivity index (χ1) is 4.27. The average Bonchev–Trinajstić information content (AvgIpc) is 1.80. The van der Waals surface area contributed by atoms with Crippen LogP contribution in [-0.2, 0) is 0 Å². The molecule has 0 radical (unpaired) electrons. The molecule has 0 saturated carbocycles. The molecule has 0 fully saturated rings. The van der Waals surface area contributed by atoms with Crippen LogP contribution in [0.25, 0.3) is 0 Å². The predicted molar refractivity (Wildman–Crippen MR) is 53.1 cm³/mol. The van der Waals surface area contributed by atoms with Crippen LogP contribution in [0.15, 0.2) is 0 Å². The fourth-order valence-corrected chi connectivity index (χ4v) is 1.55. The van der Waals surface area contributed by atoms with Crippen LogP contribution in [0.4, 0.5) is 0 Å². The highest BCUT2D eigenvalue weighted by Crippen LogP contribution is 2.04. The molecule has 0 saturated heterocycles. The van der Waals surface area contributed by atoms with Crippen LogP contribution in [0.3, 0.4) is 0 Å². The molecule has 64 valence electrons. The lowest BCUT2D eigenvalue weighted by Gasteiger charge is -2.02. The Hall–Kier alpha value is 0.600. The minimum Gasteiger partial charge on any atom is -0.328 e. The number of rotatable bonds is 5. The van der Waals surface area contributed by atoms with Crippen LogP contribution < -0.4 is 5.73 Å². The van der Waals surface area contributed by atoms with Gasteiger partial charge in [-0.2, -0.15) is 11.8 Å². The van der Waals surface area contributed by atoms with Crippen molar-refractivity contribution in [2.75, 3.05) is 11.5 Å². The second-order valence-corrected chi connectivity index (χ2v) is 3.60. The van der Waals surface area contributed by atoms with Gasteiger partial charge in [-0.25, -0.2) is 0 Å². The van der Waals surface area contributed by atoms with Crippen LogP contribution in [0, 0.1) is 0 Å². The van der Waals surface area contributed by atoms with Gasteiger partial charge in [0.1, 0.15) is 0 Å². The van der Waals surface area contributed by atoms with Crippen molar-refractivity contribution in [2.24, 2.45) is 5.73 Å². The summed E-state index contributed by atoms with van der Waals surface area (Å²) in [7, 11) is 0. The summed E-state index contributed by atoms with van der Waals surface area (Å²) in [6, 6.07) is 0.384. The fourth-order valence-electron chi connectivity index (χ4n) is 0.516. The molecule has 0 rings (SSSR count). The van der Waals surface area contributed by atoms with Gasteiger partial charge in [-0.1, -0.05) is 6.92 Å². The molecule has 0 aliphatic heterocycles. The van der Waals surface area contributed by atoms with E-state index in [0.717, 1.165) is 6.42 Å². The van der Waals surface area contributed by atoms with E-state index in [4.69, 9.17) is 5.73 Å². The van der Waals surface area contributed by atoms with Gasteiger partial charge < -0.3 is 5.73 Å². The predicted octanol–water partition coefficient (Wildman–Crippen LogP) is 2.29. The molecular weight excluding hydrogens is 166 g/mol. The number of halogens is 1. The number of nitrogens with two attached hydrogens (primary N) is 1. The molecule has 1 atom stereocenters. The van der Waals surface area contributed by atoms with E-state index in [1.54, 1.807) is 0 Å². The summed E-state index contributed by atoms with van der Waals surface area (Å²) in [5.41, 5.74) is 5.56. The topological polar surface area (TPSA) is 26.0 Å². The Morgan fingerprint density at radius 3 is 2.40 bits per heavy atom. The van der Waals surface area contributed by atoms with E-state index in [0.29, 0.717) is 6.04 Å². The highest BCUT2D eigenvalue weighted by atomic mass is 35.5. The molecule has 0 aliphatic rings. The Labute approximate surface area is 74.5 Å². The van der Waals surface area contributed by atoms with Gasteiger partial charge in [0.2, 0.25) is 0 Å². The van der Waals surface area contributed by atoms with E-state index in [1.807, 2.05) is 11.8 Å². The highest BCUT2D eigenvalue weighted by Gasteiger charge is 1.92. The van der Waals surface area contributed by atoms with E-state index in [1.165, 1.54) is 17.9 Å². The van der Waals surface area contributed by atoms with E-state index >= 15 is 0 Å². The maximum absolute atomic E-state index is 5.56. The van der Waals surface area contributed by atoms with Crippen LogP contribution in [-0.4, -0.2) is 17.5 Å². The van der Waals surface area contributed by atoms with Crippen LogP contribution in [0.2, 0.25) is 0 Å². The molecule has 10 heavy (non-hydrogen) atoms. The molecule has 1 unspecified atom stereocenters. The monoisotopic (exact) mass is 183 g/mol. The lowest BCUT2D eigenvalue weighted by molar-refractivity contribution is 0.721. The zero-order chi connectivity index (χ0) is 7.11. The van der Waals surface area contributed by atoms with Gasteiger partial charge in [0, 0.05) is 6.04 Å². The zero-order valence-corrected chi connectivity index (χ0v) is 8.43. The summed E-state index contributed by atoms with van der Waals surface area (Å²) in [4.78, 5) is 0. The Morgan fingerprint density at radius 2 is 2.00 bits per heavy atom. The first-order valence-corrected chi connectivity index (χ1v) is 4.76. The van der Waals surface area contributed by atoms with Gasteiger partial charge in [-0.3, -0.25) is 0 Å². The fraction of sp³-hybridized carbons (Fsp3) is 1.00. The second kappa shape index (κ2) is 9.60. The maximum Gasteiger partial charge on any atom is 0.00183 e. The first kappa shape index (κ1) is 13.2. The van der Waals surface area contributed by atoms with Gasteiger partial charge >= 0.3 is 0 Å². The van der Waals surface area contributed by atoms with Crippen molar-refractivity contribution >= 4 is 24.2 Å². The van der Waals surface area contributed by atoms with E-state index in [-0.39, 0.29) is 12.4 Å². The van der Waals surface area contributed by atoms with Gasteiger partial charge in [0.15, 0.2) is 0 Å². The second-order valence-electron chi connectivity index (χ2n) is 2.38. The van der Waals surface area contributed by atoms with Gasteiger partial charge in [0.25, 0.3) is 0 Å². The molecular formula is C7H18ClNS. The van der Waals surface area contributed by atoms with E-state index in [2.05, 4.69) is 13.8 Å². The zero-order valence-electron chi connectivity index (χ0n) is 6.80. The summed E-state index contributed by atoms with van der Waals surface area (Å²) in [6.45, 7) is 4.27. The lowest BCUT2D eigenvalue weighted by atomic mass is 10.3. The number of hydrogen-bond acceptors (Lipinski definition) is 2. The van der Waals surface area contributed by atoms with Gasteiger partial charge in [0.05, 0.1) is 0 Å². The van der Waals surface area contributed by atoms with E-state index < -0.39 is 0 Å². The van der Waals surface area contributed by atoms with Crippen LogP contribution >= 0.6 is 24.2 Å². The Morgan fingerprint density at radius 1 is 1.40 bits per heavy atom. The molecule has 0 aromatic heterocycles. The largest absolute Gasteiger partial charge is 0.328 e. The quantitative estimate of drug-likeness (QED) is 0.662. The Bertz CT molecular complexity index is 59.6. The molecule has 1 nitrogen and oxygen atoms in total. The summed E-state index contributed by atoms with van der Waals surface area (Å²) >= 11 is 2.00. The minimum atomic E-state index is 0. The molecule has 2 N–H and O–H groups in total.